The van der Waals surface area contributed by atoms with Crippen LogP contribution in [0.5, 0.6) is 5.75 Å². The van der Waals surface area contributed by atoms with Gasteiger partial charge < -0.3 is 14.6 Å². The van der Waals surface area contributed by atoms with Crippen LogP contribution >= 0.6 is 0 Å². The molecule has 1 aromatic carbocycles. The number of hydrogen-bond acceptors (Lipinski definition) is 6. The van der Waals surface area contributed by atoms with Crippen molar-refractivity contribution >= 4 is 16.0 Å². The fraction of sp³-hybridized carbons (Fsp3) is 0.143. The van der Waals surface area contributed by atoms with Crippen molar-refractivity contribution in [2.45, 2.75) is 11.4 Å². The fourth-order valence-corrected chi connectivity index (χ4v) is 2.98. The largest absolute Gasteiger partial charge is 0.545 e. The molecule has 0 aliphatic heterocycles. The second kappa shape index (κ2) is 6.54. The van der Waals surface area contributed by atoms with E-state index in [4.69, 9.17) is 4.74 Å². The first-order chi connectivity index (χ1) is 10.4. The minimum absolute atomic E-state index is 0.0452. The van der Waals surface area contributed by atoms with E-state index >= 15 is 0 Å². The summed E-state index contributed by atoms with van der Waals surface area (Å²) in [6.07, 6.45) is 3.09. The summed E-state index contributed by atoms with van der Waals surface area (Å²) in [5.41, 5.74) is 0.471. The zero-order valence-electron chi connectivity index (χ0n) is 11.6. The molecule has 0 atom stereocenters. The van der Waals surface area contributed by atoms with E-state index in [2.05, 4.69) is 9.71 Å². The number of carboxylic acids is 1. The summed E-state index contributed by atoms with van der Waals surface area (Å²) in [7, 11) is -2.64. The number of carbonyl (C=O) groups is 1. The molecule has 1 heterocycles. The summed E-state index contributed by atoms with van der Waals surface area (Å²) in [4.78, 5) is 14.5. The molecule has 2 aromatic rings. The molecule has 0 saturated heterocycles. The normalized spacial score (nSPS) is 11.1. The lowest BCUT2D eigenvalue weighted by molar-refractivity contribution is -0.255. The summed E-state index contributed by atoms with van der Waals surface area (Å²) in [5.74, 6) is -1.42. The summed E-state index contributed by atoms with van der Waals surface area (Å²) >= 11 is 0. The molecule has 0 fully saturated rings. The van der Waals surface area contributed by atoms with Gasteiger partial charge >= 0.3 is 0 Å². The highest BCUT2D eigenvalue weighted by molar-refractivity contribution is 7.89. The molecule has 0 spiro atoms. The molecule has 0 aliphatic rings. The van der Waals surface area contributed by atoms with Crippen LogP contribution < -0.4 is 14.6 Å². The van der Waals surface area contributed by atoms with Crippen molar-refractivity contribution in [2.24, 2.45) is 0 Å². The lowest BCUT2D eigenvalue weighted by Crippen LogP contribution is -2.26. The maximum absolute atomic E-state index is 12.3. The molecule has 0 amide bonds. The molecule has 0 aliphatic carbocycles. The molecule has 1 N–H and O–H groups in total. The first kappa shape index (κ1) is 15.9. The van der Waals surface area contributed by atoms with Gasteiger partial charge in [0.2, 0.25) is 10.0 Å². The van der Waals surface area contributed by atoms with Gasteiger partial charge in [-0.1, -0.05) is 0 Å². The first-order valence-corrected chi connectivity index (χ1v) is 7.70. The van der Waals surface area contributed by atoms with Crippen LogP contribution in [0, 0.1) is 0 Å². The molecule has 0 bridgehead atoms. The molecule has 116 valence electrons. The minimum Gasteiger partial charge on any atom is -0.545 e. The number of nitrogens with zero attached hydrogens (tertiary/aromatic N) is 1. The summed E-state index contributed by atoms with van der Waals surface area (Å²) < 4.78 is 32.0. The van der Waals surface area contributed by atoms with Gasteiger partial charge in [-0.25, -0.2) is 13.1 Å². The van der Waals surface area contributed by atoms with Gasteiger partial charge in [-0.05, 0) is 41.5 Å². The van der Waals surface area contributed by atoms with Crippen molar-refractivity contribution in [3.05, 3.63) is 53.9 Å². The van der Waals surface area contributed by atoms with Crippen LogP contribution in [0.1, 0.15) is 15.9 Å². The van der Waals surface area contributed by atoms with Crippen LogP contribution in [0.15, 0.2) is 47.6 Å². The minimum atomic E-state index is -3.94. The average molecular weight is 321 g/mol. The third kappa shape index (κ3) is 3.60. The number of ether oxygens (including phenoxy) is 1. The Morgan fingerprint density at radius 1 is 1.27 bits per heavy atom. The van der Waals surface area contributed by atoms with Crippen LogP contribution in [0.4, 0.5) is 0 Å². The standard InChI is InChI=1S/C14H14N2O5S/c1-21-12-3-2-11(14(17)18)8-13(12)22(19,20)16-9-10-4-6-15-7-5-10/h2-8,16H,9H2,1H3,(H,17,18)/p-1. The van der Waals surface area contributed by atoms with Gasteiger partial charge in [-0.15, -0.1) is 0 Å². The van der Waals surface area contributed by atoms with E-state index in [0.29, 0.717) is 5.56 Å². The Hall–Kier alpha value is -2.45. The van der Waals surface area contributed by atoms with E-state index in [1.54, 1.807) is 24.5 Å². The van der Waals surface area contributed by atoms with Gasteiger partial charge in [-0.3, -0.25) is 4.98 Å². The number of sulfonamides is 1. The number of aromatic carboxylic acids is 1. The van der Waals surface area contributed by atoms with E-state index in [1.807, 2.05) is 0 Å². The summed E-state index contributed by atoms with van der Waals surface area (Å²) in [6, 6.07) is 6.82. The van der Waals surface area contributed by atoms with Gasteiger partial charge in [0, 0.05) is 18.9 Å². The molecule has 0 unspecified atom stereocenters. The zero-order chi connectivity index (χ0) is 16.2. The highest BCUT2D eigenvalue weighted by Crippen LogP contribution is 2.24. The van der Waals surface area contributed by atoms with Crippen LogP contribution in [-0.2, 0) is 16.6 Å². The number of aromatic nitrogens is 1. The number of rotatable bonds is 6. The number of hydrogen-bond donors (Lipinski definition) is 1. The highest BCUT2D eigenvalue weighted by atomic mass is 32.2. The van der Waals surface area contributed by atoms with Crippen molar-refractivity contribution in [3.63, 3.8) is 0 Å². The third-order valence-electron chi connectivity index (χ3n) is 2.90. The Balaban J connectivity index is 2.31. The third-order valence-corrected chi connectivity index (χ3v) is 4.33. The number of carbonyl (C=O) groups excluding carboxylic acids is 1. The molecule has 8 heteroatoms. The number of methoxy groups -OCH3 is 1. The van der Waals surface area contributed by atoms with E-state index in [-0.39, 0.29) is 22.8 Å². The molecular weight excluding hydrogens is 308 g/mol. The van der Waals surface area contributed by atoms with E-state index < -0.39 is 16.0 Å². The van der Waals surface area contributed by atoms with Crippen molar-refractivity contribution < 1.29 is 23.1 Å². The Kier molecular flexibility index (Phi) is 4.74. The monoisotopic (exact) mass is 321 g/mol. The predicted octanol–water partition coefficient (Wildman–Crippen LogP) is -0.0678. The Morgan fingerprint density at radius 3 is 2.55 bits per heavy atom. The SMILES string of the molecule is COc1ccc(C(=O)[O-])cc1S(=O)(=O)NCc1ccncc1. The molecule has 0 radical (unpaired) electrons. The van der Waals surface area contributed by atoms with Gasteiger partial charge in [0.25, 0.3) is 0 Å². The van der Waals surface area contributed by atoms with Crippen LogP contribution in [0.3, 0.4) is 0 Å². The fourth-order valence-electron chi connectivity index (χ4n) is 1.77. The number of pyridine rings is 1. The molecular formula is C14H13N2O5S-. The van der Waals surface area contributed by atoms with Gasteiger partial charge in [0.15, 0.2) is 0 Å². The van der Waals surface area contributed by atoms with Crippen LogP contribution in [0.25, 0.3) is 0 Å². The molecule has 1 aromatic heterocycles. The first-order valence-electron chi connectivity index (χ1n) is 6.22. The Morgan fingerprint density at radius 2 is 1.95 bits per heavy atom. The lowest BCUT2D eigenvalue weighted by atomic mass is 10.2. The van der Waals surface area contributed by atoms with E-state index in [1.165, 1.54) is 19.2 Å². The maximum Gasteiger partial charge on any atom is 0.244 e. The smallest absolute Gasteiger partial charge is 0.244 e. The summed E-state index contributed by atoms with van der Waals surface area (Å²) in [6.45, 7) is 0.0452. The quantitative estimate of drug-likeness (QED) is 0.798. The molecule has 0 saturated carbocycles. The van der Waals surface area contributed by atoms with E-state index in [9.17, 15) is 18.3 Å². The van der Waals surface area contributed by atoms with Crippen LogP contribution in [0.2, 0.25) is 0 Å². The second-order valence-corrected chi connectivity index (χ2v) is 6.07. The zero-order valence-corrected chi connectivity index (χ0v) is 12.5. The lowest BCUT2D eigenvalue weighted by Gasteiger charge is -2.13. The molecule has 7 nitrogen and oxygen atoms in total. The van der Waals surface area contributed by atoms with Crippen molar-refractivity contribution in [1.29, 1.82) is 0 Å². The Bertz CT molecular complexity index is 775. The van der Waals surface area contributed by atoms with Crippen molar-refractivity contribution in [2.75, 3.05) is 7.11 Å². The van der Waals surface area contributed by atoms with Crippen molar-refractivity contribution in [3.8, 4) is 5.75 Å². The van der Waals surface area contributed by atoms with Crippen LogP contribution in [-0.4, -0.2) is 26.5 Å². The number of carboxylic acid groups (broad SMARTS) is 1. The van der Waals surface area contributed by atoms with Gasteiger partial charge in [-0.2, -0.15) is 0 Å². The second-order valence-electron chi connectivity index (χ2n) is 4.33. The van der Waals surface area contributed by atoms with Gasteiger partial charge in [0.1, 0.15) is 10.6 Å². The number of benzene rings is 1. The summed E-state index contributed by atoms with van der Waals surface area (Å²) in [5, 5.41) is 10.9. The average Bonchev–Trinajstić information content (AvgIpc) is 2.53. The Labute approximate surface area is 127 Å². The molecule has 22 heavy (non-hydrogen) atoms. The number of nitrogens with one attached hydrogen (secondary N) is 1. The highest BCUT2D eigenvalue weighted by Gasteiger charge is 2.20. The van der Waals surface area contributed by atoms with Crippen molar-refractivity contribution in [1.82, 2.24) is 9.71 Å². The predicted molar refractivity (Wildman–Crippen MR) is 75.6 cm³/mol. The maximum atomic E-state index is 12.3. The topological polar surface area (TPSA) is 108 Å². The van der Waals surface area contributed by atoms with Gasteiger partial charge in [0.05, 0.1) is 13.1 Å². The van der Waals surface area contributed by atoms with E-state index in [0.717, 1.165) is 6.07 Å². The molecule has 2 rings (SSSR count).